The summed E-state index contributed by atoms with van der Waals surface area (Å²) in [6.45, 7) is 0. The summed E-state index contributed by atoms with van der Waals surface area (Å²) in [5, 5.41) is 2.03. The maximum Gasteiger partial charge on any atom is 0.0229 e. The molecule has 2 aliphatic heterocycles. The van der Waals surface area contributed by atoms with Gasteiger partial charge in [0.25, 0.3) is 0 Å². The first kappa shape index (κ1) is 9.94. The lowest BCUT2D eigenvalue weighted by atomic mass is 10.5. The van der Waals surface area contributed by atoms with Gasteiger partial charge in [-0.15, -0.1) is 0 Å². The molecule has 0 aliphatic carbocycles. The topological polar surface area (TPSA) is 0 Å². The number of hydrogen-bond donors (Lipinski definition) is 0. The van der Waals surface area contributed by atoms with E-state index in [1.807, 2.05) is 0 Å². The fraction of sp³-hybridized carbons (Fsp3) is 1.00. The van der Waals surface area contributed by atoms with Crippen LogP contribution in [0.1, 0.15) is 0 Å². The molecule has 2 saturated heterocycles. The minimum absolute atomic E-state index is 1.01. The van der Waals surface area contributed by atoms with E-state index in [-0.39, 0.29) is 0 Å². The van der Waals surface area contributed by atoms with Crippen LogP contribution in [0.15, 0.2) is 0 Å². The average molecular weight is 238 g/mol. The standard InChI is InChI=1S/C8H14S4/c1(9-3-8-6-12-8)2-11-7-4-10-5-7/h7-8H,1-6H2. The van der Waals surface area contributed by atoms with E-state index in [2.05, 4.69) is 47.0 Å². The molecule has 0 aromatic carbocycles. The number of thioether (sulfide) groups is 4. The Morgan fingerprint density at radius 2 is 2.00 bits per heavy atom. The molecule has 0 bridgehead atoms. The molecule has 1 atom stereocenters. The highest BCUT2D eigenvalue weighted by molar-refractivity contribution is 8.09. The van der Waals surface area contributed by atoms with Gasteiger partial charge in [0, 0.05) is 45.0 Å². The third kappa shape index (κ3) is 3.64. The molecule has 0 nitrogen and oxygen atoms in total. The van der Waals surface area contributed by atoms with Gasteiger partial charge in [0.1, 0.15) is 0 Å². The molecular weight excluding hydrogens is 224 g/mol. The Bertz CT molecular complexity index is 131. The van der Waals surface area contributed by atoms with Gasteiger partial charge in [0.2, 0.25) is 0 Å². The maximum absolute atomic E-state index is 2.19. The van der Waals surface area contributed by atoms with Gasteiger partial charge >= 0.3 is 0 Å². The molecule has 2 rings (SSSR count). The highest BCUT2D eigenvalue weighted by Gasteiger charge is 2.22. The fourth-order valence-corrected chi connectivity index (χ4v) is 5.55. The minimum atomic E-state index is 1.01. The van der Waals surface area contributed by atoms with Crippen molar-refractivity contribution in [3.05, 3.63) is 0 Å². The van der Waals surface area contributed by atoms with Crippen LogP contribution in [0.5, 0.6) is 0 Å². The molecule has 0 spiro atoms. The molecule has 2 aliphatic rings. The van der Waals surface area contributed by atoms with Gasteiger partial charge in [0.05, 0.1) is 0 Å². The number of rotatable bonds is 6. The molecule has 0 aromatic heterocycles. The van der Waals surface area contributed by atoms with Crippen molar-refractivity contribution in [2.75, 3.05) is 34.5 Å². The molecule has 0 amide bonds. The van der Waals surface area contributed by atoms with Crippen LogP contribution in [0, 0.1) is 0 Å². The van der Waals surface area contributed by atoms with Crippen LogP contribution < -0.4 is 0 Å². The van der Waals surface area contributed by atoms with E-state index in [9.17, 15) is 0 Å². The van der Waals surface area contributed by atoms with Gasteiger partial charge < -0.3 is 0 Å². The highest BCUT2D eigenvalue weighted by atomic mass is 32.2. The summed E-state index contributed by atoms with van der Waals surface area (Å²) in [6, 6.07) is 0. The molecule has 2 heterocycles. The highest BCUT2D eigenvalue weighted by Crippen LogP contribution is 2.33. The van der Waals surface area contributed by atoms with Crippen LogP contribution in [0.2, 0.25) is 0 Å². The first-order chi connectivity index (χ1) is 5.95. The Balaban J connectivity index is 1.35. The zero-order chi connectivity index (χ0) is 8.23. The zero-order valence-corrected chi connectivity index (χ0v) is 10.3. The fourth-order valence-electron chi connectivity index (χ4n) is 0.963. The molecule has 70 valence electrons. The van der Waals surface area contributed by atoms with Gasteiger partial charge in [-0.05, 0) is 0 Å². The second kappa shape index (κ2) is 5.32. The van der Waals surface area contributed by atoms with E-state index < -0.39 is 0 Å². The third-order valence-corrected chi connectivity index (χ3v) is 7.41. The normalized spacial score (nSPS) is 28.5. The van der Waals surface area contributed by atoms with Gasteiger partial charge in [-0.1, -0.05) is 0 Å². The monoisotopic (exact) mass is 238 g/mol. The van der Waals surface area contributed by atoms with Crippen LogP contribution in [-0.4, -0.2) is 45.0 Å². The second-order valence-electron chi connectivity index (χ2n) is 3.06. The summed E-state index contributed by atoms with van der Waals surface area (Å²) in [7, 11) is 0. The van der Waals surface area contributed by atoms with E-state index in [4.69, 9.17) is 0 Å². The predicted octanol–water partition coefficient (Wildman–Crippen LogP) is 2.68. The summed E-state index contributed by atoms with van der Waals surface area (Å²) >= 11 is 8.55. The van der Waals surface area contributed by atoms with Crippen molar-refractivity contribution < 1.29 is 0 Å². The Hall–Kier alpha value is 1.40. The van der Waals surface area contributed by atoms with E-state index in [1.54, 1.807) is 0 Å². The summed E-state index contributed by atoms with van der Waals surface area (Å²) in [5.41, 5.74) is 0. The molecule has 12 heavy (non-hydrogen) atoms. The van der Waals surface area contributed by atoms with Crippen molar-refractivity contribution in [3.63, 3.8) is 0 Å². The van der Waals surface area contributed by atoms with Crippen LogP contribution in [0.3, 0.4) is 0 Å². The van der Waals surface area contributed by atoms with Crippen LogP contribution in [-0.2, 0) is 0 Å². The summed E-state index contributed by atoms with van der Waals surface area (Å²) in [5.74, 6) is 8.42. The Morgan fingerprint density at radius 1 is 1.17 bits per heavy atom. The van der Waals surface area contributed by atoms with Gasteiger partial charge in [-0.3, -0.25) is 0 Å². The summed E-state index contributed by atoms with van der Waals surface area (Å²) in [4.78, 5) is 0. The maximum atomic E-state index is 2.19. The lowest BCUT2D eigenvalue weighted by Gasteiger charge is -2.23. The Labute approximate surface area is 91.8 Å². The molecule has 1 unspecified atom stereocenters. The van der Waals surface area contributed by atoms with Gasteiger partial charge in [-0.2, -0.15) is 47.0 Å². The lowest BCUT2D eigenvalue weighted by molar-refractivity contribution is 1.08. The SMILES string of the molecule is C(CSC1CSC1)SCC1CS1. The summed E-state index contributed by atoms with van der Waals surface area (Å²) in [6.07, 6.45) is 0. The van der Waals surface area contributed by atoms with Crippen molar-refractivity contribution in [3.8, 4) is 0 Å². The van der Waals surface area contributed by atoms with Crippen LogP contribution in [0.25, 0.3) is 0 Å². The van der Waals surface area contributed by atoms with E-state index in [0.717, 1.165) is 10.5 Å². The van der Waals surface area contributed by atoms with Gasteiger partial charge in [0.15, 0.2) is 0 Å². The molecule has 0 aromatic rings. The van der Waals surface area contributed by atoms with Crippen LogP contribution in [0.4, 0.5) is 0 Å². The second-order valence-corrected chi connectivity index (χ2v) is 8.03. The lowest BCUT2D eigenvalue weighted by Crippen LogP contribution is -2.21. The average Bonchev–Trinajstić information content (AvgIpc) is 2.76. The van der Waals surface area contributed by atoms with Crippen molar-refractivity contribution in [1.82, 2.24) is 0 Å². The van der Waals surface area contributed by atoms with E-state index in [1.165, 1.54) is 34.5 Å². The largest absolute Gasteiger partial charge is 0.160 e. The van der Waals surface area contributed by atoms with Crippen LogP contribution >= 0.6 is 47.0 Å². The van der Waals surface area contributed by atoms with E-state index >= 15 is 0 Å². The van der Waals surface area contributed by atoms with Crippen molar-refractivity contribution in [2.45, 2.75) is 10.5 Å². The predicted molar refractivity (Wildman–Crippen MR) is 67.1 cm³/mol. The summed E-state index contributed by atoms with van der Waals surface area (Å²) < 4.78 is 0. The molecule has 0 N–H and O–H groups in total. The van der Waals surface area contributed by atoms with Crippen molar-refractivity contribution in [2.24, 2.45) is 0 Å². The number of hydrogen-bond acceptors (Lipinski definition) is 4. The third-order valence-electron chi connectivity index (χ3n) is 1.89. The first-order valence-electron chi connectivity index (χ1n) is 4.34. The van der Waals surface area contributed by atoms with Gasteiger partial charge in [-0.25, -0.2) is 0 Å². The smallest absolute Gasteiger partial charge is 0.0229 e. The Kier molecular flexibility index (Phi) is 4.41. The zero-order valence-electron chi connectivity index (χ0n) is 7.03. The molecule has 0 radical (unpaired) electrons. The van der Waals surface area contributed by atoms with E-state index in [0.29, 0.717) is 0 Å². The quantitative estimate of drug-likeness (QED) is 0.515. The first-order valence-corrected chi connectivity index (χ1v) is 8.74. The molecule has 4 heteroatoms. The molecular formula is C8H14S4. The van der Waals surface area contributed by atoms with Crippen molar-refractivity contribution >= 4 is 47.0 Å². The Morgan fingerprint density at radius 3 is 2.58 bits per heavy atom. The van der Waals surface area contributed by atoms with Crippen molar-refractivity contribution in [1.29, 1.82) is 0 Å². The minimum Gasteiger partial charge on any atom is -0.160 e. The molecule has 0 saturated carbocycles. The molecule has 2 fully saturated rings.